The van der Waals surface area contributed by atoms with Gasteiger partial charge in [-0.25, -0.2) is 9.59 Å². The Morgan fingerprint density at radius 1 is 0.875 bits per heavy atom. The summed E-state index contributed by atoms with van der Waals surface area (Å²) in [4.78, 5) is 57.9. The molecule has 2 heterocycles. The lowest BCUT2D eigenvalue weighted by Gasteiger charge is -2.43. The fraction of sp³-hybridized carbons (Fsp3) is 0.290. The second kappa shape index (κ2) is 10.2. The Balaban J connectivity index is 1.96. The van der Waals surface area contributed by atoms with E-state index in [1.54, 1.807) is 86.6 Å². The van der Waals surface area contributed by atoms with E-state index in [0.717, 1.165) is 0 Å². The van der Waals surface area contributed by atoms with Crippen molar-refractivity contribution in [3.05, 3.63) is 95.6 Å². The number of phenolic OH excluding ortho intramolecular Hbond substituents is 1. The van der Waals surface area contributed by atoms with Crippen molar-refractivity contribution in [1.82, 2.24) is 5.32 Å². The molecule has 206 valence electrons. The van der Waals surface area contributed by atoms with Crippen LogP contribution in [0.25, 0.3) is 0 Å². The number of phenols is 1. The van der Waals surface area contributed by atoms with Gasteiger partial charge in [-0.3, -0.25) is 19.8 Å². The Kier molecular flexibility index (Phi) is 6.93. The highest BCUT2D eigenvalue weighted by atomic mass is 16.6. The van der Waals surface area contributed by atoms with Crippen molar-refractivity contribution in [2.45, 2.75) is 43.8 Å². The number of ketones is 1. The topological polar surface area (TPSA) is 122 Å². The molecular formula is C31H30N2O7. The van der Waals surface area contributed by atoms with Crippen molar-refractivity contribution in [2.24, 2.45) is 0 Å². The molecule has 2 N–H and O–H groups in total. The molecule has 9 heteroatoms. The first-order valence-corrected chi connectivity index (χ1v) is 13.2. The summed E-state index contributed by atoms with van der Waals surface area (Å²) in [6, 6.07) is 20.4. The number of rotatable bonds is 6. The monoisotopic (exact) mass is 542 g/mol. The average molecular weight is 543 g/mol. The zero-order valence-electron chi connectivity index (χ0n) is 22.4. The number of nitrogens with zero attached hydrogens (tertiary/aromatic N) is 1. The number of nitrogens with one attached hydrogen (secondary N) is 1. The SMILES string of the molecule is CCOC(=O)C1(C(=O)OCC)N[C@H](c2ccccc2O)[C@@]2(C(=O)c3ccccc3N2C(C)=O)[C@H]1c1ccccc1. The van der Waals surface area contributed by atoms with Crippen molar-refractivity contribution >= 4 is 29.3 Å². The van der Waals surface area contributed by atoms with E-state index in [-0.39, 0.29) is 30.1 Å². The predicted molar refractivity (Wildman–Crippen MR) is 146 cm³/mol. The van der Waals surface area contributed by atoms with Gasteiger partial charge in [0.05, 0.1) is 30.9 Å². The summed E-state index contributed by atoms with van der Waals surface area (Å²) < 4.78 is 11.0. The maximum absolute atomic E-state index is 14.8. The van der Waals surface area contributed by atoms with Crippen LogP contribution >= 0.6 is 0 Å². The molecule has 2 aliphatic rings. The summed E-state index contributed by atoms with van der Waals surface area (Å²) in [5.41, 5.74) is -2.91. The minimum Gasteiger partial charge on any atom is -0.508 e. The molecule has 2 aliphatic heterocycles. The third-order valence-electron chi connectivity index (χ3n) is 7.70. The molecule has 0 unspecified atom stereocenters. The van der Waals surface area contributed by atoms with Gasteiger partial charge in [0, 0.05) is 18.1 Å². The molecule has 1 fully saturated rings. The van der Waals surface area contributed by atoms with Crippen LogP contribution in [0, 0.1) is 0 Å². The standard InChI is InChI=1S/C31H30N2O7/c1-4-39-28(37)30(29(38)40-5-2)25(20-13-7-6-8-14-20)31(26(32-30)22-16-10-12-18-24(22)35)27(36)21-15-9-11-17-23(21)33(31)19(3)34/h6-18,25-26,32,35H,4-5H2,1-3H3/t25-,26+,31+/m0/s1. The number of anilines is 1. The first-order chi connectivity index (χ1) is 19.3. The third-order valence-corrected chi connectivity index (χ3v) is 7.70. The molecule has 0 radical (unpaired) electrons. The largest absolute Gasteiger partial charge is 0.508 e. The van der Waals surface area contributed by atoms with Crippen molar-refractivity contribution in [2.75, 3.05) is 18.1 Å². The van der Waals surface area contributed by atoms with E-state index in [0.29, 0.717) is 11.3 Å². The van der Waals surface area contributed by atoms with E-state index < -0.39 is 46.7 Å². The maximum Gasteiger partial charge on any atom is 0.338 e. The van der Waals surface area contributed by atoms with Crippen LogP contribution in [0.5, 0.6) is 5.75 Å². The van der Waals surface area contributed by atoms with Gasteiger partial charge >= 0.3 is 11.9 Å². The van der Waals surface area contributed by atoms with Gasteiger partial charge < -0.3 is 14.6 Å². The Labute approximate surface area is 231 Å². The summed E-state index contributed by atoms with van der Waals surface area (Å²) in [6.45, 7) is 4.44. The molecule has 1 spiro atoms. The van der Waals surface area contributed by atoms with E-state index in [4.69, 9.17) is 9.47 Å². The zero-order valence-corrected chi connectivity index (χ0v) is 22.4. The summed E-state index contributed by atoms with van der Waals surface area (Å²) in [7, 11) is 0. The van der Waals surface area contributed by atoms with Gasteiger partial charge in [0.25, 0.3) is 0 Å². The molecule has 5 rings (SSSR count). The van der Waals surface area contributed by atoms with Crippen LogP contribution in [-0.2, 0) is 23.9 Å². The van der Waals surface area contributed by atoms with Crippen LogP contribution in [-0.4, -0.2) is 53.0 Å². The second-order valence-electron chi connectivity index (χ2n) is 9.75. The predicted octanol–water partition coefficient (Wildman–Crippen LogP) is 3.67. The highest BCUT2D eigenvalue weighted by Gasteiger charge is 2.78. The van der Waals surface area contributed by atoms with Crippen LogP contribution in [0.2, 0.25) is 0 Å². The van der Waals surface area contributed by atoms with Crippen molar-refractivity contribution in [1.29, 1.82) is 0 Å². The fourth-order valence-electron chi connectivity index (χ4n) is 6.37. The molecule has 1 amide bonds. The van der Waals surface area contributed by atoms with Crippen molar-refractivity contribution < 1.29 is 33.8 Å². The van der Waals surface area contributed by atoms with E-state index in [2.05, 4.69) is 5.32 Å². The highest BCUT2D eigenvalue weighted by molar-refractivity contribution is 6.23. The Bertz CT molecular complexity index is 1470. The first-order valence-electron chi connectivity index (χ1n) is 13.2. The molecule has 0 saturated carbocycles. The van der Waals surface area contributed by atoms with Gasteiger partial charge in [0.1, 0.15) is 11.3 Å². The number of hydrogen-bond donors (Lipinski definition) is 2. The lowest BCUT2D eigenvalue weighted by molar-refractivity contribution is -0.166. The van der Waals surface area contributed by atoms with E-state index in [1.807, 2.05) is 0 Å². The molecule has 0 aliphatic carbocycles. The molecule has 0 aromatic heterocycles. The number of carbonyl (C=O) groups excluding carboxylic acids is 4. The zero-order chi connectivity index (χ0) is 28.7. The molecule has 3 aromatic carbocycles. The number of Topliss-reactive ketones (excluding diaryl/α,β-unsaturated/α-hetero) is 1. The maximum atomic E-state index is 14.8. The molecule has 1 saturated heterocycles. The number of carbonyl (C=O) groups is 4. The lowest BCUT2D eigenvalue weighted by Crippen LogP contribution is -2.63. The van der Waals surface area contributed by atoms with E-state index in [1.165, 1.54) is 17.9 Å². The number of aromatic hydroxyl groups is 1. The lowest BCUT2D eigenvalue weighted by atomic mass is 9.66. The highest BCUT2D eigenvalue weighted by Crippen LogP contribution is 2.61. The Morgan fingerprint density at radius 2 is 1.45 bits per heavy atom. The first kappa shape index (κ1) is 27.1. The summed E-state index contributed by atoms with van der Waals surface area (Å²) in [5.74, 6) is -4.36. The number of esters is 2. The van der Waals surface area contributed by atoms with Crippen LogP contribution in [0.3, 0.4) is 0 Å². The number of ether oxygens (including phenoxy) is 2. The molecule has 9 nitrogen and oxygen atoms in total. The van der Waals surface area contributed by atoms with Crippen LogP contribution < -0.4 is 10.2 Å². The Hall–Kier alpha value is -4.50. The molecule has 3 atom stereocenters. The van der Waals surface area contributed by atoms with Gasteiger partial charge in [-0.2, -0.15) is 0 Å². The van der Waals surface area contributed by atoms with Gasteiger partial charge in [-0.15, -0.1) is 0 Å². The van der Waals surface area contributed by atoms with Crippen LogP contribution in [0.1, 0.15) is 54.2 Å². The number of benzene rings is 3. The van der Waals surface area contributed by atoms with Gasteiger partial charge in [0.15, 0.2) is 5.78 Å². The summed E-state index contributed by atoms with van der Waals surface area (Å²) in [5, 5.41) is 14.2. The molecule has 40 heavy (non-hydrogen) atoms. The average Bonchev–Trinajstić information content (AvgIpc) is 3.40. The normalized spacial score (nSPS) is 22.7. The fourth-order valence-corrected chi connectivity index (χ4v) is 6.37. The molecule has 0 bridgehead atoms. The van der Waals surface area contributed by atoms with Crippen LogP contribution in [0.15, 0.2) is 78.9 Å². The number of para-hydroxylation sites is 2. The summed E-state index contributed by atoms with van der Waals surface area (Å²) >= 11 is 0. The quantitative estimate of drug-likeness (QED) is 0.357. The smallest absolute Gasteiger partial charge is 0.338 e. The number of amides is 1. The van der Waals surface area contributed by atoms with Gasteiger partial charge in [0.2, 0.25) is 11.4 Å². The van der Waals surface area contributed by atoms with E-state index in [9.17, 15) is 24.3 Å². The summed E-state index contributed by atoms with van der Waals surface area (Å²) in [6.07, 6.45) is 0. The van der Waals surface area contributed by atoms with Crippen molar-refractivity contribution in [3.8, 4) is 5.75 Å². The second-order valence-corrected chi connectivity index (χ2v) is 9.75. The minimum absolute atomic E-state index is 0.0535. The number of hydrogen-bond acceptors (Lipinski definition) is 8. The Morgan fingerprint density at radius 3 is 2.05 bits per heavy atom. The van der Waals surface area contributed by atoms with Gasteiger partial charge in [-0.05, 0) is 37.6 Å². The number of fused-ring (bicyclic) bond motifs is 1. The molecule has 3 aromatic rings. The van der Waals surface area contributed by atoms with E-state index >= 15 is 0 Å². The molecular weight excluding hydrogens is 512 g/mol. The third kappa shape index (κ3) is 3.65. The van der Waals surface area contributed by atoms with Crippen molar-refractivity contribution in [3.63, 3.8) is 0 Å². The van der Waals surface area contributed by atoms with Gasteiger partial charge in [-0.1, -0.05) is 60.7 Å². The van der Waals surface area contributed by atoms with Crippen LogP contribution in [0.4, 0.5) is 5.69 Å². The minimum atomic E-state index is -2.26.